The zero-order valence-electron chi connectivity index (χ0n) is 18.4. The lowest BCUT2D eigenvalue weighted by Gasteiger charge is -2.23. The van der Waals surface area contributed by atoms with Crippen LogP contribution in [0.15, 0.2) is 30.3 Å². The Hall–Kier alpha value is -1.85. The van der Waals surface area contributed by atoms with Gasteiger partial charge in [0, 0.05) is 18.2 Å². The molecule has 1 unspecified atom stereocenters. The molecule has 1 aromatic rings. The fraction of sp³-hybridized carbons (Fsp3) is 0.550. The summed E-state index contributed by atoms with van der Waals surface area (Å²) in [6, 6.07) is 8.16. The van der Waals surface area contributed by atoms with E-state index in [1.54, 1.807) is 58.0 Å². The van der Waals surface area contributed by atoms with Crippen LogP contribution in [0.5, 0.6) is 0 Å². The van der Waals surface area contributed by atoms with E-state index < -0.39 is 27.6 Å². The average molecular weight is 491 g/mol. The van der Waals surface area contributed by atoms with Gasteiger partial charge in [0.05, 0.1) is 18.6 Å². The first kappa shape index (κ1) is 27.2. The zero-order chi connectivity index (χ0) is 23.7. The Kier molecular flexibility index (Phi) is 10.7. The van der Waals surface area contributed by atoms with E-state index in [0.717, 1.165) is 10.6 Å². The highest BCUT2D eigenvalue weighted by Crippen LogP contribution is 2.23. The number of amides is 2. The predicted octanol–water partition coefficient (Wildman–Crippen LogP) is 3.71. The number of thiocarbonyl (C=S) groups is 1. The second kappa shape index (κ2) is 12.3. The number of nitrogens with one attached hydrogen (secondary N) is 1. The molecule has 2 amide bonds. The van der Waals surface area contributed by atoms with Crippen LogP contribution in [0, 0.1) is 0 Å². The first-order valence-electron chi connectivity index (χ1n) is 9.72. The molecule has 0 heterocycles. The molecule has 0 saturated heterocycles. The van der Waals surface area contributed by atoms with E-state index in [2.05, 4.69) is 5.32 Å². The lowest BCUT2D eigenvalue weighted by Crippen LogP contribution is -2.38. The lowest BCUT2D eigenvalue weighted by molar-refractivity contribution is -0.117. The Bertz CT molecular complexity index is 853. The third-order valence-electron chi connectivity index (χ3n) is 3.63. The largest absolute Gasteiger partial charge is 0.479 e. The summed E-state index contributed by atoms with van der Waals surface area (Å²) < 4.78 is 36.0. The minimum atomic E-state index is -3.81. The first-order chi connectivity index (χ1) is 14.3. The first-order valence-corrected chi connectivity index (χ1v) is 12.9. The van der Waals surface area contributed by atoms with Crippen LogP contribution >= 0.6 is 24.0 Å². The molecule has 174 valence electrons. The van der Waals surface area contributed by atoms with Crippen molar-refractivity contribution in [2.45, 2.75) is 51.4 Å². The van der Waals surface area contributed by atoms with Crippen LogP contribution < -0.4 is 9.62 Å². The van der Waals surface area contributed by atoms with E-state index in [-0.39, 0.29) is 34.7 Å². The van der Waals surface area contributed by atoms with Crippen molar-refractivity contribution in [2.24, 2.45) is 0 Å². The number of anilines is 1. The van der Waals surface area contributed by atoms with Gasteiger partial charge in [-0.05, 0) is 58.5 Å². The van der Waals surface area contributed by atoms with Crippen LogP contribution in [0.1, 0.15) is 40.5 Å². The third kappa shape index (κ3) is 10.8. The highest BCUT2D eigenvalue weighted by molar-refractivity contribution is 8.23. The number of alkyl carbamates (subject to hydrolysis) is 1. The molecule has 0 aliphatic carbocycles. The smallest absolute Gasteiger partial charge is 0.407 e. The summed E-state index contributed by atoms with van der Waals surface area (Å²) in [6.07, 6.45) is 0.600. The van der Waals surface area contributed by atoms with Gasteiger partial charge in [0.1, 0.15) is 5.60 Å². The molecule has 0 bridgehead atoms. The third-order valence-corrected chi connectivity index (χ3v) is 6.16. The number of sulfonamides is 1. The van der Waals surface area contributed by atoms with Crippen LogP contribution in [0.4, 0.5) is 10.5 Å². The summed E-state index contributed by atoms with van der Waals surface area (Å²) in [5, 5.41) is 2.35. The van der Waals surface area contributed by atoms with Crippen molar-refractivity contribution in [3.63, 3.8) is 0 Å². The van der Waals surface area contributed by atoms with Crippen LogP contribution in [0.2, 0.25) is 0 Å². The minimum Gasteiger partial charge on any atom is -0.479 e. The number of hydrogen-bond acceptors (Lipinski definition) is 8. The van der Waals surface area contributed by atoms with Crippen molar-refractivity contribution in [1.82, 2.24) is 5.32 Å². The summed E-state index contributed by atoms with van der Waals surface area (Å²) in [5.74, 6) is -0.570. The molecule has 1 aromatic carbocycles. The molecular formula is C20H30N2O6S3. The van der Waals surface area contributed by atoms with E-state index in [0.29, 0.717) is 6.61 Å². The van der Waals surface area contributed by atoms with Crippen LogP contribution in [-0.4, -0.2) is 55.1 Å². The van der Waals surface area contributed by atoms with Gasteiger partial charge in [0.2, 0.25) is 20.3 Å². The molecule has 0 aromatic heterocycles. The number of para-hydroxylation sites is 1. The molecule has 31 heavy (non-hydrogen) atoms. The number of ether oxygens (including phenoxy) is 2. The van der Waals surface area contributed by atoms with Gasteiger partial charge in [-0.15, -0.1) is 0 Å². The van der Waals surface area contributed by atoms with Crippen molar-refractivity contribution in [1.29, 1.82) is 0 Å². The number of hydrogen-bond donors (Lipinski definition) is 1. The van der Waals surface area contributed by atoms with Crippen molar-refractivity contribution >= 4 is 56.1 Å². The maximum absolute atomic E-state index is 12.8. The molecule has 0 radical (unpaired) electrons. The predicted molar refractivity (Wildman–Crippen MR) is 128 cm³/mol. The fourth-order valence-electron chi connectivity index (χ4n) is 2.47. The topological polar surface area (TPSA) is 102 Å². The van der Waals surface area contributed by atoms with Gasteiger partial charge >= 0.3 is 6.09 Å². The van der Waals surface area contributed by atoms with Crippen molar-refractivity contribution in [3.8, 4) is 0 Å². The molecule has 0 aliphatic rings. The molecule has 0 saturated carbocycles. The van der Waals surface area contributed by atoms with Crippen LogP contribution in [-0.2, 0) is 24.3 Å². The quantitative estimate of drug-likeness (QED) is 0.523. The maximum Gasteiger partial charge on any atom is 0.407 e. The fourth-order valence-corrected chi connectivity index (χ4v) is 4.82. The number of thioether (sulfide) groups is 1. The van der Waals surface area contributed by atoms with E-state index in [4.69, 9.17) is 21.7 Å². The number of nitrogens with zero attached hydrogens (tertiary/aromatic N) is 1. The number of carbonyl (C=O) groups excluding carboxylic acids is 2. The standard InChI is InChI=1S/C20H30N2O6S3/c1-6-27-19(29)30-16(14-21-18(24)28-20(2,3)4)12-13-17(23)22(31(5,25)26)15-10-8-7-9-11-15/h7-11,16H,6,12-14H2,1-5H3,(H,21,24). The van der Waals surface area contributed by atoms with Gasteiger partial charge in [-0.1, -0.05) is 30.0 Å². The summed E-state index contributed by atoms with van der Waals surface area (Å²) in [7, 11) is -3.81. The Labute approximate surface area is 194 Å². The van der Waals surface area contributed by atoms with E-state index in [1.807, 2.05) is 0 Å². The minimum absolute atomic E-state index is 0.0651. The molecule has 1 rings (SSSR count). The molecule has 1 atom stereocenters. The zero-order valence-corrected chi connectivity index (χ0v) is 20.9. The second-order valence-electron chi connectivity index (χ2n) is 7.60. The number of carbonyl (C=O) groups is 2. The molecular weight excluding hydrogens is 460 g/mol. The Morgan fingerprint density at radius 1 is 1.23 bits per heavy atom. The van der Waals surface area contributed by atoms with E-state index >= 15 is 0 Å². The van der Waals surface area contributed by atoms with Gasteiger partial charge in [0.25, 0.3) is 0 Å². The number of rotatable bonds is 9. The monoisotopic (exact) mass is 490 g/mol. The Morgan fingerprint density at radius 2 is 1.84 bits per heavy atom. The Morgan fingerprint density at radius 3 is 2.35 bits per heavy atom. The lowest BCUT2D eigenvalue weighted by atomic mass is 10.2. The van der Waals surface area contributed by atoms with Crippen LogP contribution in [0.25, 0.3) is 0 Å². The highest BCUT2D eigenvalue weighted by atomic mass is 32.2. The van der Waals surface area contributed by atoms with E-state index in [9.17, 15) is 18.0 Å². The summed E-state index contributed by atoms with van der Waals surface area (Å²) in [4.78, 5) is 24.8. The van der Waals surface area contributed by atoms with E-state index in [1.165, 1.54) is 11.8 Å². The SMILES string of the molecule is CCOC(=S)SC(CCC(=O)N(c1ccccc1)S(C)(=O)=O)CNC(=O)OC(C)(C)C. The van der Waals surface area contributed by atoms with Gasteiger partial charge in [0.15, 0.2) is 0 Å². The van der Waals surface area contributed by atoms with Gasteiger partial charge in [-0.2, -0.15) is 0 Å². The Balaban J connectivity index is 2.86. The molecule has 0 fully saturated rings. The average Bonchev–Trinajstić information content (AvgIpc) is 2.62. The van der Waals surface area contributed by atoms with Crippen molar-refractivity contribution in [3.05, 3.63) is 30.3 Å². The van der Waals surface area contributed by atoms with Gasteiger partial charge < -0.3 is 14.8 Å². The summed E-state index contributed by atoms with van der Waals surface area (Å²) in [6.45, 7) is 7.63. The highest BCUT2D eigenvalue weighted by Gasteiger charge is 2.26. The molecule has 0 spiro atoms. The van der Waals surface area contributed by atoms with Gasteiger partial charge in [-0.25, -0.2) is 17.5 Å². The van der Waals surface area contributed by atoms with Gasteiger partial charge in [-0.3, -0.25) is 4.79 Å². The summed E-state index contributed by atoms with van der Waals surface area (Å²) >= 11 is 6.37. The summed E-state index contributed by atoms with van der Waals surface area (Å²) in [5.41, 5.74) is -0.370. The molecule has 0 aliphatic heterocycles. The number of benzene rings is 1. The molecule has 11 heteroatoms. The van der Waals surface area contributed by atoms with Crippen molar-refractivity contribution in [2.75, 3.05) is 23.7 Å². The molecule has 1 N–H and O–H groups in total. The van der Waals surface area contributed by atoms with Crippen molar-refractivity contribution < 1.29 is 27.5 Å². The second-order valence-corrected chi connectivity index (χ2v) is 11.3. The maximum atomic E-state index is 12.8. The normalized spacial score (nSPS) is 12.5. The molecule has 8 nitrogen and oxygen atoms in total. The van der Waals surface area contributed by atoms with Crippen LogP contribution in [0.3, 0.4) is 0 Å².